The van der Waals surface area contributed by atoms with Crippen LogP contribution in [0.2, 0.25) is 5.02 Å². The summed E-state index contributed by atoms with van der Waals surface area (Å²) in [5.74, 6) is -2.12. The van der Waals surface area contributed by atoms with Gasteiger partial charge in [0.25, 0.3) is 0 Å². The number of aliphatic carboxylic acids is 1. The third-order valence-electron chi connectivity index (χ3n) is 4.59. The van der Waals surface area contributed by atoms with E-state index in [9.17, 15) is 14.7 Å². The second kappa shape index (κ2) is 7.82. The van der Waals surface area contributed by atoms with E-state index in [1.54, 1.807) is 12.1 Å². The molecule has 0 bridgehead atoms. The highest BCUT2D eigenvalue weighted by molar-refractivity contribution is 7.99. The molecule has 0 unspecified atom stereocenters. The Kier molecular flexibility index (Phi) is 5.67. The van der Waals surface area contributed by atoms with Crippen LogP contribution in [0.1, 0.15) is 42.9 Å². The molecule has 0 aliphatic heterocycles. The zero-order valence-corrected chi connectivity index (χ0v) is 16.6. The highest BCUT2D eigenvalue weighted by Crippen LogP contribution is 2.45. The fraction of sp³-hybridized carbons (Fsp3) is 0.300. The number of hydrogen-bond donors (Lipinski definition) is 3. The maximum absolute atomic E-state index is 11.5. The van der Waals surface area contributed by atoms with Crippen molar-refractivity contribution in [3.05, 3.63) is 46.0 Å². The molecule has 2 aromatic rings. The van der Waals surface area contributed by atoms with E-state index in [-0.39, 0.29) is 11.7 Å². The third kappa shape index (κ3) is 4.06. The van der Waals surface area contributed by atoms with Gasteiger partial charge in [0.05, 0.1) is 5.02 Å². The van der Waals surface area contributed by atoms with Gasteiger partial charge in [-0.15, -0.1) is 0 Å². The van der Waals surface area contributed by atoms with Gasteiger partial charge in [0.1, 0.15) is 5.75 Å². The molecule has 0 heterocycles. The lowest BCUT2D eigenvalue weighted by Gasteiger charge is -2.16. The average Bonchev–Trinajstić information content (AvgIpc) is 3.09. The summed E-state index contributed by atoms with van der Waals surface area (Å²) < 4.78 is 0. The Morgan fingerprint density at radius 3 is 2.56 bits per heavy atom. The summed E-state index contributed by atoms with van der Waals surface area (Å²) in [6.45, 7) is 4.04. The van der Waals surface area contributed by atoms with Gasteiger partial charge in [-0.1, -0.05) is 37.2 Å². The Morgan fingerprint density at radius 1 is 1.19 bits per heavy atom. The first kappa shape index (κ1) is 19.6. The Bertz CT molecular complexity index is 927. The molecule has 0 saturated heterocycles. The van der Waals surface area contributed by atoms with Gasteiger partial charge < -0.3 is 15.5 Å². The van der Waals surface area contributed by atoms with Gasteiger partial charge in [-0.25, -0.2) is 4.79 Å². The third-order valence-corrected chi connectivity index (χ3v) is 6.16. The number of carboxylic acid groups (broad SMARTS) is 1. The average molecular weight is 406 g/mol. The molecule has 1 aliphatic rings. The lowest BCUT2D eigenvalue weighted by Crippen LogP contribution is -2.22. The van der Waals surface area contributed by atoms with Crippen molar-refractivity contribution in [2.45, 2.75) is 48.8 Å². The smallest absolute Gasteiger partial charge is 0.394 e. The zero-order chi connectivity index (χ0) is 19.7. The molecule has 3 rings (SSSR count). The van der Waals surface area contributed by atoms with E-state index >= 15 is 0 Å². The van der Waals surface area contributed by atoms with Gasteiger partial charge in [-0.05, 0) is 66.1 Å². The van der Waals surface area contributed by atoms with Crippen molar-refractivity contribution in [1.29, 1.82) is 0 Å². The standard InChI is InChI=1S/C20H20ClNO4S/c1-10(2)14-8-11(6-7-17(14)23)27-18-13-5-3-4-12(13)16(9-15(18)21)22-19(24)20(25)26/h6-10,23H,3-5H2,1-2H3,(H,22,24)(H,25,26). The van der Waals surface area contributed by atoms with E-state index in [4.69, 9.17) is 16.7 Å². The van der Waals surface area contributed by atoms with Crippen LogP contribution in [0.15, 0.2) is 34.1 Å². The van der Waals surface area contributed by atoms with Crippen LogP contribution < -0.4 is 5.32 Å². The van der Waals surface area contributed by atoms with E-state index in [1.165, 1.54) is 11.8 Å². The Labute approximate surface area is 166 Å². The van der Waals surface area contributed by atoms with Crippen molar-refractivity contribution in [3.8, 4) is 5.75 Å². The number of benzene rings is 2. The van der Waals surface area contributed by atoms with Crippen LogP contribution in [0.25, 0.3) is 0 Å². The first-order valence-corrected chi connectivity index (χ1v) is 9.86. The molecule has 1 aliphatic carbocycles. The van der Waals surface area contributed by atoms with Gasteiger partial charge in [0.2, 0.25) is 0 Å². The predicted octanol–water partition coefficient (Wildman–Crippen LogP) is 4.83. The fourth-order valence-electron chi connectivity index (χ4n) is 3.29. The van der Waals surface area contributed by atoms with Gasteiger partial charge in [0, 0.05) is 15.5 Å². The van der Waals surface area contributed by atoms with Crippen molar-refractivity contribution in [2.24, 2.45) is 0 Å². The number of hydrogen-bond acceptors (Lipinski definition) is 4. The molecule has 7 heteroatoms. The quantitative estimate of drug-likeness (QED) is 0.634. The highest BCUT2D eigenvalue weighted by Gasteiger charge is 2.24. The summed E-state index contributed by atoms with van der Waals surface area (Å²) in [4.78, 5) is 24.3. The van der Waals surface area contributed by atoms with Gasteiger partial charge in [0.15, 0.2) is 0 Å². The molecule has 2 aromatic carbocycles. The molecule has 0 fully saturated rings. The van der Waals surface area contributed by atoms with Crippen molar-refractivity contribution in [3.63, 3.8) is 0 Å². The molecule has 0 atom stereocenters. The van der Waals surface area contributed by atoms with Crippen LogP contribution in [0.3, 0.4) is 0 Å². The zero-order valence-electron chi connectivity index (χ0n) is 15.0. The minimum atomic E-state index is -1.53. The van der Waals surface area contributed by atoms with Gasteiger partial charge >= 0.3 is 11.9 Å². The highest BCUT2D eigenvalue weighted by atomic mass is 35.5. The maximum Gasteiger partial charge on any atom is 0.394 e. The molecular weight excluding hydrogens is 386 g/mol. The number of carbonyl (C=O) groups is 2. The summed E-state index contributed by atoms with van der Waals surface area (Å²) >= 11 is 8.01. The second-order valence-corrected chi connectivity index (χ2v) is 8.27. The molecule has 0 saturated carbocycles. The topological polar surface area (TPSA) is 86.6 Å². The summed E-state index contributed by atoms with van der Waals surface area (Å²) in [6, 6.07) is 7.12. The van der Waals surface area contributed by atoms with E-state index in [0.29, 0.717) is 10.7 Å². The fourth-order valence-corrected chi connectivity index (χ4v) is 4.69. The Morgan fingerprint density at radius 2 is 1.89 bits per heavy atom. The lowest BCUT2D eigenvalue weighted by molar-refractivity contribution is -0.147. The number of anilines is 1. The van der Waals surface area contributed by atoms with Crippen LogP contribution in [0.5, 0.6) is 5.75 Å². The monoisotopic (exact) mass is 405 g/mol. The maximum atomic E-state index is 11.5. The van der Waals surface area contributed by atoms with Crippen LogP contribution >= 0.6 is 23.4 Å². The second-order valence-electron chi connectivity index (χ2n) is 6.78. The first-order chi connectivity index (χ1) is 12.8. The van der Waals surface area contributed by atoms with Crippen LogP contribution in [0, 0.1) is 0 Å². The minimum Gasteiger partial charge on any atom is -0.508 e. The van der Waals surface area contributed by atoms with Gasteiger partial charge in [-0.3, -0.25) is 4.79 Å². The van der Waals surface area contributed by atoms with Crippen LogP contribution in [0.4, 0.5) is 5.69 Å². The normalized spacial score (nSPS) is 12.9. The summed E-state index contributed by atoms with van der Waals surface area (Å²) in [7, 11) is 0. The number of phenolic OH excluding ortho intramolecular Hbond substituents is 1. The number of aromatic hydroxyl groups is 1. The number of amides is 1. The van der Waals surface area contributed by atoms with Crippen molar-refractivity contribution < 1.29 is 19.8 Å². The van der Waals surface area contributed by atoms with Crippen LogP contribution in [-0.4, -0.2) is 22.1 Å². The SMILES string of the molecule is CC(C)c1cc(Sc2c(Cl)cc(NC(=O)C(=O)O)c3c2CCC3)ccc1O. The molecule has 0 radical (unpaired) electrons. The Balaban J connectivity index is 1.98. The Hall–Kier alpha value is -2.18. The molecule has 27 heavy (non-hydrogen) atoms. The lowest BCUT2D eigenvalue weighted by atomic mass is 10.0. The van der Waals surface area contributed by atoms with E-state index in [1.807, 2.05) is 26.0 Å². The number of carbonyl (C=O) groups excluding carboxylic acids is 1. The number of nitrogens with one attached hydrogen (secondary N) is 1. The van der Waals surface area contributed by atoms with Crippen molar-refractivity contribution in [1.82, 2.24) is 0 Å². The molecule has 5 nitrogen and oxygen atoms in total. The molecule has 0 aromatic heterocycles. The minimum absolute atomic E-state index is 0.195. The largest absolute Gasteiger partial charge is 0.508 e. The number of rotatable bonds is 4. The number of phenols is 1. The number of halogens is 1. The summed E-state index contributed by atoms with van der Waals surface area (Å²) in [5, 5.41) is 21.8. The van der Waals surface area contributed by atoms with Crippen molar-refractivity contribution in [2.75, 3.05) is 5.32 Å². The number of fused-ring (bicyclic) bond motifs is 1. The van der Waals surface area contributed by atoms with E-state index in [0.717, 1.165) is 45.7 Å². The summed E-state index contributed by atoms with van der Waals surface area (Å²) in [6.07, 6.45) is 2.51. The molecule has 1 amide bonds. The van der Waals surface area contributed by atoms with Gasteiger partial charge in [-0.2, -0.15) is 0 Å². The van der Waals surface area contributed by atoms with Crippen LogP contribution in [-0.2, 0) is 22.4 Å². The van der Waals surface area contributed by atoms with Crippen molar-refractivity contribution >= 4 is 40.9 Å². The molecular formula is C20H20ClNO4S. The van der Waals surface area contributed by atoms with E-state index in [2.05, 4.69) is 5.32 Å². The summed E-state index contributed by atoms with van der Waals surface area (Å²) in [5.41, 5.74) is 3.34. The molecule has 0 spiro atoms. The molecule has 3 N–H and O–H groups in total. The molecule has 142 valence electrons. The predicted molar refractivity (Wildman–Crippen MR) is 106 cm³/mol. The first-order valence-electron chi connectivity index (χ1n) is 8.67. The number of carboxylic acids is 1. The van der Waals surface area contributed by atoms with E-state index < -0.39 is 11.9 Å².